The van der Waals surface area contributed by atoms with Gasteiger partial charge in [-0.05, 0) is 80.6 Å². The van der Waals surface area contributed by atoms with E-state index in [9.17, 15) is 13.2 Å². The highest BCUT2D eigenvalue weighted by Crippen LogP contribution is 2.33. The molecule has 1 N–H and O–H groups in total. The molecule has 160 valence electrons. The van der Waals surface area contributed by atoms with Crippen LogP contribution in [-0.4, -0.2) is 20.4 Å². The molecule has 0 saturated heterocycles. The van der Waals surface area contributed by atoms with Crippen molar-refractivity contribution in [1.82, 2.24) is 0 Å². The van der Waals surface area contributed by atoms with Gasteiger partial charge in [-0.15, -0.1) is 0 Å². The van der Waals surface area contributed by atoms with E-state index in [1.165, 1.54) is 6.07 Å². The zero-order valence-corrected chi connectivity index (χ0v) is 19.0. The Hall–Kier alpha value is -3.12. The molecule has 1 amide bonds. The molecule has 31 heavy (non-hydrogen) atoms. The predicted octanol–water partition coefficient (Wildman–Crippen LogP) is 5.00. The van der Waals surface area contributed by atoms with Gasteiger partial charge in [0.15, 0.2) is 0 Å². The molecule has 0 saturated carbocycles. The molecule has 0 fully saturated rings. The van der Waals surface area contributed by atoms with Crippen LogP contribution in [0.4, 0.5) is 11.4 Å². The van der Waals surface area contributed by atoms with Crippen molar-refractivity contribution in [2.24, 2.45) is 0 Å². The van der Waals surface area contributed by atoms with E-state index >= 15 is 0 Å². The van der Waals surface area contributed by atoms with Gasteiger partial charge in [-0.25, -0.2) is 8.42 Å². The van der Waals surface area contributed by atoms with Crippen molar-refractivity contribution in [2.45, 2.75) is 45.1 Å². The Labute approximate surface area is 183 Å². The summed E-state index contributed by atoms with van der Waals surface area (Å²) in [5.74, 6) is -0.194. The molecule has 0 bridgehead atoms. The van der Waals surface area contributed by atoms with Crippen LogP contribution in [0.3, 0.4) is 0 Å². The lowest BCUT2D eigenvalue weighted by Crippen LogP contribution is -2.35. The van der Waals surface area contributed by atoms with E-state index in [1.54, 1.807) is 30.0 Å². The second-order valence-electron chi connectivity index (χ2n) is 8.19. The first-order valence-electron chi connectivity index (χ1n) is 10.3. The van der Waals surface area contributed by atoms with E-state index < -0.39 is 10.0 Å². The van der Waals surface area contributed by atoms with E-state index in [4.69, 9.17) is 0 Å². The largest absolute Gasteiger partial charge is 0.305 e. The molecule has 6 heteroatoms. The van der Waals surface area contributed by atoms with Crippen LogP contribution in [-0.2, 0) is 16.4 Å². The van der Waals surface area contributed by atoms with Crippen LogP contribution in [0.25, 0.3) is 0 Å². The minimum Gasteiger partial charge on any atom is -0.305 e. The van der Waals surface area contributed by atoms with Crippen LogP contribution in [0.15, 0.2) is 65.6 Å². The minimum atomic E-state index is -3.86. The summed E-state index contributed by atoms with van der Waals surface area (Å²) in [5.41, 5.74) is 5.37. The lowest BCUT2D eigenvalue weighted by atomic mass is 10.1. The molecule has 0 aromatic heterocycles. The molecule has 5 nitrogen and oxygen atoms in total. The Morgan fingerprint density at radius 3 is 2.48 bits per heavy atom. The number of nitrogens with one attached hydrogen (secondary N) is 1. The fourth-order valence-corrected chi connectivity index (χ4v) is 5.49. The highest BCUT2D eigenvalue weighted by molar-refractivity contribution is 7.92. The molecule has 1 heterocycles. The highest BCUT2D eigenvalue weighted by Gasteiger charge is 2.32. The fourth-order valence-electron chi connectivity index (χ4n) is 4.10. The highest BCUT2D eigenvalue weighted by atomic mass is 32.2. The Kier molecular flexibility index (Phi) is 5.35. The third-order valence-electron chi connectivity index (χ3n) is 6.00. The summed E-state index contributed by atoms with van der Waals surface area (Å²) in [6.45, 7) is 7.56. The van der Waals surface area contributed by atoms with E-state index in [2.05, 4.69) is 4.72 Å². The first-order valence-corrected chi connectivity index (χ1v) is 11.8. The van der Waals surface area contributed by atoms with Gasteiger partial charge in [0.05, 0.1) is 10.6 Å². The first-order chi connectivity index (χ1) is 14.7. The molecular formula is C25H26N2O3S. The maximum Gasteiger partial charge on any atom is 0.262 e. The van der Waals surface area contributed by atoms with Gasteiger partial charge < -0.3 is 4.90 Å². The number of rotatable bonds is 4. The molecule has 0 radical (unpaired) electrons. The van der Waals surface area contributed by atoms with E-state index in [-0.39, 0.29) is 16.8 Å². The molecule has 1 atom stereocenters. The van der Waals surface area contributed by atoms with Gasteiger partial charge in [0.25, 0.3) is 15.9 Å². The molecule has 0 unspecified atom stereocenters. The van der Waals surface area contributed by atoms with Gasteiger partial charge in [0.2, 0.25) is 0 Å². The van der Waals surface area contributed by atoms with E-state index in [1.807, 2.05) is 57.2 Å². The van der Waals surface area contributed by atoms with Gasteiger partial charge in [-0.3, -0.25) is 9.52 Å². The Morgan fingerprint density at radius 2 is 1.71 bits per heavy atom. The summed E-state index contributed by atoms with van der Waals surface area (Å²) in [7, 11) is -3.86. The quantitative estimate of drug-likeness (QED) is 0.628. The van der Waals surface area contributed by atoms with Crippen molar-refractivity contribution in [3.63, 3.8) is 0 Å². The lowest BCUT2D eigenvalue weighted by molar-refractivity contribution is 0.0981. The average Bonchev–Trinajstić information content (AvgIpc) is 3.06. The third-order valence-corrected chi connectivity index (χ3v) is 7.51. The molecule has 3 aromatic carbocycles. The number of hydrogen-bond acceptors (Lipinski definition) is 3. The van der Waals surface area contributed by atoms with Gasteiger partial charge in [-0.2, -0.15) is 0 Å². The third kappa shape index (κ3) is 3.83. The minimum absolute atomic E-state index is 0.0133. The zero-order chi connectivity index (χ0) is 22.3. The molecule has 3 aromatic rings. The zero-order valence-electron chi connectivity index (χ0n) is 18.1. The topological polar surface area (TPSA) is 66.5 Å². The maximum atomic E-state index is 13.4. The van der Waals surface area contributed by atoms with Crippen molar-refractivity contribution in [1.29, 1.82) is 0 Å². The molecule has 0 spiro atoms. The standard InChI is InChI=1S/C25H26N2O3S/c1-16-8-7-10-22(19(16)4)26-31(29,30)24-15-21(13-12-17(24)2)25(28)27-18(3)14-20-9-5-6-11-23(20)27/h5-13,15,18,26H,14H2,1-4H3/t18-/m1/s1. The normalized spacial score (nSPS) is 15.6. The molecule has 0 aliphatic carbocycles. The molecular weight excluding hydrogens is 408 g/mol. The number of hydrogen-bond donors (Lipinski definition) is 1. The number of benzene rings is 3. The second-order valence-corrected chi connectivity index (χ2v) is 9.84. The number of para-hydroxylation sites is 1. The van der Waals surface area contributed by atoms with Gasteiger partial charge in [-0.1, -0.05) is 36.4 Å². The number of sulfonamides is 1. The van der Waals surface area contributed by atoms with Crippen LogP contribution in [0, 0.1) is 20.8 Å². The van der Waals surface area contributed by atoms with Crippen molar-refractivity contribution in [3.8, 4) is 0 Å². The molecule has 1 aliphatic heterocycles. The number of amides is 1. The van der Waals surface area contributed by atoms with Gasteiger partial charge in [0, 0.05) is 17.3 Å². The number of carbonyl (C=O) groups is 1. The summed E-state index contributed by atoms with van der Waals surface area (Å²) in [4.78, 5) is 15.2. The predicted molar refractivity (Wildman–Crippen MR) is 124 cm³/mol. The number of fused-ring (bicyclic) bond motifs is 1. The fraction of sp³-hybridized carbons (Fsp3) is 0.240. The number of aryl methyl sites for hydroxylation is 2. The Morgan fingerprint density at radius 1 is 0.968 bits per heavy atom. The summed E-state index contributed by atoms with van der Waals surface area (Å²) in [5, 5.41) is 0. The van der Waals surface area contributed by atoms with Crippen LogP contribution in [0.2, 0.25) is 0 Å². The summed E-state index contributed by atoms with van der Waals surface area (Å²) in [6.07, 6.45) is 0.785. The van der Waals surface area contributed by atoms with Crippen LogP contribution in [0.1, 0.15) is 39.5 Å². The van der Waals surface area contributed by atoms with E-state index in [0.717, 1.165) is 28.8 Å². The van der Waals surface area contributed by atoms with Crippen LogP contribution >= 0.6 is 0 Å². The second kappa shape index (κ2) is 7.85. The average molecular weight is 435 g/mol. The number of nitrogens with zero attached hydrogens (tertiary/aromatic N) is 1. The van der Waals surface area contributed by atoms with Crippen molar-refractivity contribution >= 4 is 27.3 Å². The lowest BCUT2D eigenvalue weighted by Gasteiger charge is -2.23. The summed E-state index contributed by atoms with van der Waals surface area (Å²) in [6, 6.07) is 18.2. The molecule has 4 rings (SSSR count). The van der Waals surface area contributed by atoms with Crippen molar-refractivity contribution < 1.29 is 13.2 Å². The summed E-state index contributed by atoms with van der Waals surface area (Å²) >= 11 is 0. The number of carbonyl (C=O) groups excluding carboxylic acids is 1. The Balaban J connectivity index is 1.70. The first kappa shape index (κ1) is 21.1. The summed E-state index contributed by atoms with van der Waals surface area (Å²) < 4.78 is 29.1. The van der Waals surface area contributed by atoms with Crippen molar-refractivity contribution in [2.75, 3.05) is 9.62 Å². The van der Waals surface area contributed by atoms with Crippen LogP contribution in [0.5, 0.6) is 0 Å². The monoisotopic (exact) mass is 434 g/mol. The Bertz CT molecular complexity index is 1280. The van der Waals surface area contributed by atoms with Gasteiger partial charge in [0.1, 0.15) is 0 Å². The maximum absolute atomic E-state index is 13.4. The van der Waals surface area contributed by atoms with Crippen LogP contribution < -0.4 is 9.62 Å². The molecule has 1 aliphatic rings. The van der Waals surface area contributed by atoms with Gasteiger partial charge >= 0.3 is 0 Å². The SMILES string of the molecule is Cc1ccc(C(=O)N2c3ccccc3C[C@H]2C)cc1S(=O)(=O)Nc1cccc(C)c1C. The smallest absolute Gasteiger partial charge is 0.262 e. The van der Waals surface area contributed by atoms with E-state index in [0.29, 0.717) is 16.8 Å². The number of anilines is 2. The van der Waals surface area contributed by atoms with Crippen molar-refractivity contribution in [3.05, 3.63) is 88.5 Å².